The summed E-state index contributed by atoms with van der Waals surface area (Å²) in [4.78, 5) is 13.5. The molecule has 0 spiro atoms. The second kappa shape index (κ2) is 10.7. The van der Waals surface area contributed by atoms with E-state index in [4.69, 9.17) is 9.72 Å². The van der Waals surface area contributed by atoms with Crippen LogP contribution in [0.4, 0.5) is 0 Å². The number of fused-ring (bicyclic) bond motifs is 10. The normalized spacial score (nSPS) is 16.2. The van der Waals surface area contributed by atoms with Gasteiger partial charge in [-0.2, -0.15) is 0 Å². The first-order chi connectivity index (χ1) is 19.5. The fraction of sp³-hybridized carbons (Fsp3) is 0.171. The van der Waals surface area contributed by atoms with Crippen LogP contribution in [0.5, 0.6) is 5.75 Å². The molecule has 4 aromatic carbocycles. The monoisotopic (exact) mass is 713 g/mol. The smallest absolute Gasteiger partial charge is 0.124 e. The van der Waals surface area contributed by atoms with Crippen LogP contribution >= 0.6 is 0 Å². The largest absolute Gasteiger partial charge is 0.492 e. The van der Waals surface area contributed by atoms with Crippen LogP contribution in [-0.4, -0.2) is 19.5 Å². The Morgan fingerprint density at radius 2 is 1.56 bits per heavy atom. The third-order valence-electron chi connectivity index (χ3n) is 7.49. The number of aromatic nitrogens is 4. The summed E-state index contributed by atoms with van der Waals surface area (Å²) in [6.07, 6.45) is 1.59. The SMILES string of the molecule is CC(C)(C)c1cc(-c2[c-]cccc2)ncn1.[Ir].[c-]1cccc2c1-c1nc3ccccc3n1C1c3ccccc3OC21. The van der Waals surface area contributed by atoms with E-state index >= 15 is 0 Å². The van der Waals surface area contributed by atoms with Gasteiger partial charge in [0.15, 0.2) is 0 Å². The molecule has 2 aliphatic rings. The third kappa shape index (κ3) is 4.77. The molecule has 0 bridgehead atoms. The minimum atomic E-state index is -0.0278. The Hall–Kier alpha value is -4.12. The zero-order valence-electron chi connectivity index (χ0n) is 23.0. The maximum absolute atomic E-state index is 6.34. The topological polar surface area (TPSA) is 52.8 Å². The molecule has 0 saturated carbocycles. The number of nitrogens with zero attached hydrogens (tertiary/aromatic N) is 4. The molecule has 205 valence electrons. The van der Waals surface area contributed by atoms with E-state index in [1.54, 1.807) is 6.33 Å². The van der Waals surface area contributed by atoms with Crippen molar-refractivity contribution in [1.29, 1.82) is 0 Å². The number of rotatable bonds is 1. The van der Waals surface area contributed by atoms with Gasteiger partial charge in [-0.15, -0.1) is 65.7 Å². The van der Waals surface area contributed by atoms with Gasteiger partial charge in [-0.3, -0.25) is 9.97 Å². The Morgan fingerprint density at radius 1 is 0.805 bits per heavy atom. The van der Waals surface area contributed by atoms with Crippen LogP contribution in [-0.2, 0) is 25.5 Å². The molecule has 2 atom stereocenters. The Kier molecular flexibility index (Phi) is 7.06. The van der Waals surface area contributed by atoms with E-state index in [-0.39, 0.29) is 37.7 Å². The molecule has 6 heteroatoms. The fourth-order valence-corrected chi connectivity index (χ4v) is 5.56. The number of hydrogen-bond donors (Lipinski definition) is 0. The number of benzene rings is 4. The summed E-state index contributed by atoms with van der Waals surface area (Å²) in [6, 6.07) is 39.3. The second-order valence-corrected chi connectivity index (χ2v) is 11.1. The van der Waals surface area contributed by atoms with Gasteiger partial charge in [0.05, 0.1) is 22.9 Å². The molecule has 41 heavy (non-hydrogen) atoms. The number of para-hydroxylation sites is 3. The van der Waals surface area contributed by atoms with Gasteiger partial charge in [0, 0.05) is 36.8 Å². The minimum Gasteiger partial charge on any atom is -0.492 e. The number of ether oxygens (including phenoxy) is 1. The van der Waals surface area contributed by atoms with Crippen LogP contribution in [0, 0.1) is 12.1 Å². The molecule has 5 nitrogen and oxygen atoms in total. The van der Waals surface area contributed by atoms with E-state index in [1.807, 2.05) is 54.6 Å². The standard InChI is InChI=1S/C21H13N2O.C14H15N2.Ir/c1-2-8-14-13(7-1)20-19(15-9-3-6-12-18(15)24-20)23-17-11-5-4-10-16(17)22-21(14)23;1-14(2,3)13-9-12(15-10-16-13)11-7-5-4-6-8-11;/h1-7,9-12,19-20H;4-7,9-10H,1-3H3;/q2*-1;. The van der Waals surface area contributed by atoms with Gasteiger partial charge in [0.1, 0.15) is 18.2 Å². The van der Waals surface area contributed by atoms with Crippen LogP contribution in [0.2, 0.25) is 0 Å². The van der Waals surface area contributed by atoms with Crippen molar-refractivity contribution in [3.8, 4) is 28.4 Å². The molecule has 0 amide bonds. The average Bonchev–Trinajstić information content (AvgIpc) is 3.57. The van der Waals surface area contributed by atoms with Crippen molar-refractivity contribution >= 4 is 11.0 Å². The molecule has 2 aromatic heterocycles. The average molecular weight is 713 g/mol. The maximum atomic E-state index is 6.34. The Balaban J connectivity index is 0.000000157. The van der Waals surface area contributed by atoms with Crippen molar-refractivity contribution in [3.63, 3.8) is 0 Å². The molecule has 1 radical (unpaired) electrons. The first kappa shape index (κ1) is 27.1. The Bertz CT molecular complexity index is 1840. The Labute approximate surface area is 253 Å². The molecular formula is C35H28IrN4O-2. The van der Waals surface area contributed by atoms with Crippen LogP contribution < -0.4 is 4.74 Å². The van der Waals surface area contributed by atoms with Gasteiger partial charge in [-0.1, -0.05) is 62.7 Å². The van der Waals surface area contributed by atoms with Gasteiger partial charge >= 0.3 is 0 Å². The second-order valence-electron chi connectivity index (χ2n) is 11.1. The molecule has 2 unspecified atom stereocenters. The maximum Gasteiger partial charge on any atom is 0.124 e. The van der Waals surface area contributed by atoms with Crippen LogP contribution in [0.1, 0.15) is 49.7 Å². The van der Waals surface area contributed by atoms with Crippen LogP contribution in [0.15, 0.2) is 103 Å². The summed E-state index contributed by atoms with van der Waals surface area (Å²) in [7, 11) is 0. The molecule has 4 heterocycles. The van der Waals surface area contributed by atoms with E-state index in [0.29, 0.717) is 0 Å². The first-order valence-electron chi connectivity index (χ1n) is 13.5. The van der Waals surface area contributed by atoms with E-state index in [2.05, 4.69) is 89.9 Å². The molecule has 0 saturated heterocycles. The number of hydrogen-bond acceptors (Lipinski definition) is 4. The molecule has 2 aliphatic heterocycles. The predicted molar refractivity (Wildman–Crippen MR) is 157 cm³/mol. The van der Waals surface area contributed by atoms with Crippen molar-refractivity contribution in [1.82, 2.24) is 19.5 Å². The zero-order chi connectivity index (χ0) is 27.3. The van der Waals surface area contributed by atoms with Gasteiger partial charge in [-0.25, -0.2) is 4.98 Å². The van der Waals surface area contributed by atoms with Crippen molar-refractivity contribution in [2.24, 2.45) is 0 Å². The molecule has 8 rings (SSSR count). The summed E-state index contributed by atoms with van der Waals surface area (Å²) in [5.41, 5.74) is 8.63. The van der Waals surface area contributed by atoms with Crippen molar-refractivity contribution < 1.29 is 24.8 Å². The number of imidazole rings is 1. The van der Waals surface area contributed by atoms with Crippen molar-refractivity contribution in [2.45, 2.75) is 38.3 Å². The minimum absolute atomic E-state index is 0. The van der Waals surface area contributed by atoms with E-state index in [0.717, 1.165) is 45.1 Å². The summed E-state index contributed by atoms with van der Waals surface area (Å²) in [5, 5.41) is 0. The third-order valence-corrected chi connectivity index (χ3v) is 7.49. The van der Waals surface area contributed by atoms with Gasteiger partial charge in [-0.05, 0) is 23.9 Å². The Morgan fingerprint density at radius 3 is 2.39 bits per heavy atom. The zero-order valence-corrected chi connectivity index (χ0v) is 25.4. The summed E-state index contributed by atoms with van der Waals surface area (Å²) < 4.78 is 8.67. The van der Waals surface area contributed by atoms with Crippen LogP contribution in [0.25, 0.3) is 33.7 Å². The van der Waals surface area contributed by atoms with Crippen molar-refractivity contribution in [3.05, 3.63) is 132 Å². The van der Waals surface area contributed by atoms with Gasteiger partial charge < -0.3 is 9.30 Å². The fourth-order valence-electron chi connectivity index (χ4n) is 5.56. The quantitative estimate of drug-likeness (QED) is 0.164. The molecule has 0 aliphatic carbocycles. The summed E-state index contributed by atoms with van der Waals surface area (Å²) >= 11 is 0. The van der Waals surface area contributed by atoms with E-state index in [9.17, 15) is 0 Å². The molecule has 0 N–H and O–H groups in total. The molecular weight excluding hydrogens is 685 g/mol. The van der Waals surface area contributed by atoms with E-state index in [1.165, 1.54) is 11.1 Å². The first-order valence-corrected chi connectivity index (χ1v) is 13.5. The predicted octanol–water partition coefficient (Wildman–Crippen LogP) is 7.78. The van der Waals surface area contributed by atoms with Crippen molar-refractivity contribution in [2.75, 3.05) is 0 Å². The summed E-state index contributed by atoms with van der Waals surface area (Å²) in [5.74, 6) is 1.95. The summed E-state index contributed by atoms with van der Waals surface area (Å²) in [6.45, 7) is 6.44. The molecule has 0 fully saturated rings. The molecule has 6 aromatic rings. The van der Waals surface area contributed by atoms with Gasteiger partial charge in [0.25, 0.3) is 0 Å². The van der Waals surface area contributed by atoms with Crippen LogP contribution in [0.3, 0.4) is 0 Å². The van der Waals surface area contributed by atoms with Gasteiger partial charge in [0.2, 0.25) is 0 Å². The van der Waals surface area contributed by atoms with E-state index < -0.39 is 0 Å².